The first-order chi connectivity index (χ1) is 8.73. The minimum atomic E-state index is -0.330. The van der Waals surface area contributed by atoms with Gasteiger partial charge in [-0.2, -0.15) is 0 Å². The molecule has 0 aliphatic carbocycles. The average Bonchev–Trinajstić information content (AvgIpc) is 2.79. The van der Waals surface area contributed by atoms with Crippen molar-refractivity contribution in [2.75, 3.05) is 19.8 Å². The molecule has 0 atom stereocenters. The van der Waals surface area contributed by atoms with Gasteiger partial charge in [0.15, 0.2) is 0 Å². The van der Waals surface area contributed by atoms with Gasteiger partial charge in [0.2, 0.25) is 0 Å². The van der Waals surface area contributed by atoms with Crippen molar-refractivity contribution in [1.29, 1.82) is 0 Å². The summed E-state index contributed by atoms with van der Waals surface area (Å²) < 4.78 is 18.0. The number of hydrogen-bond acceptors (Lipinski definition) is 4. The molecule has 1 aliphatic heterocycles. The third-order valence-electron chi connectivity index (χ3n) is 3.16. The molecule has 0 bridgehead atoms. The van der Waals surface area contributed by atoms with Gasteiger partial charge in [-0.25, -0.2) is 9.37 Å². The Kier molecular flexibility index (Phi) is 2.89. The summed E-state index contributed by atoms with van der Waals surface area (Å²) >= 11 is 1.51. The van der Waals surface area contributed by atoms with Crippen LogP contribution in [-0.2, 0) is 10.2 Å². The zero-order valence-electron chi connectivity index (χ0n) is 9.60. The molecule has 1 fully saturated rings. The van der Waals surface area contributed by atoms with Crippen molar-refractivity contribution in [1.82, 2.24) is 4.98 Å². The van der Waals surface area contributed by atoms with Gasteiger partial charge < -0.3 is 9.84 Å². The lowest BCUT2D eigenvalue weighted by molar-refractivity contribution is -0.0841. The number of aromatic nitrogens is 1. The SMILES string of the molecule is OCC1(c2nc(-c3ccc(F)cc3)cs2)COC1. The fourth-order valence-electron chi connectivity index (χ4n) is 1.90. The summed E-state index contributed by atoms with van der Waals surface area (Å²) in [5, 5.41) is 12.3. The molecular weight excluding hydrogens is 253 g/mol. The summed E-state index contributed by atoms with van der Waals surface area (Å²) in [6.45, 7) is 1.07. The lowest BCUT2D eigenvalue weighted by atomic mass is 9.88. The third kappa shape index (κ3) is 1.84. The van der Waals surface area contributed by atoms with Crippen molar-refractivity contribution in [2.24, 2.45) is 0 Å². The highest BCUT2D eigenvalue weighted by Crippen LogP contribution is 2.35. The lowest BCUT2D eigenvalue weighted by Crippen LogP contribution is -2.49. The molecule has 18 heavy (non-hydrogen) atoms. The number of hydrogen-bond donors (Lipinski definition) is 1. The standard InChI is InChI=1S/C13H12FNO2S/c14-10-3-1-9(2-4-10)11-5-18-12(15-11)13(6-16)7-17-8-13/h1-5,16H,6-8H2. The first-order valence-electron chi connectivity index (χ1n) is 5.64. The summed E-state index contributed by atoms with van der Waals surface area (Å²) in [5.74, 6) is -0.256. The average molecular weight is 265 g/mol. The molecule has 0 spiro atoms. The molecule has 1 aromatic carbocycles. The van der Waals surface area contributed by atoms with Crippen LogP contribution in [0.4, 0.5) is 4.39 Å². The smallest absolute Gasteiger partial charge is 0.123 e. The van der Waals surface area contributed by atoms with E-state index in [9.17, 15) is 9.50 Å². The number of halogens is 1. The predicted octanol–water partition coefficient (Wildman–Crippen LogP) is 2.21. The van der Waals surface area contributed by atoms with Gasteiger partial charge in [0.05, 0.1) is 30.9 Å². The van der Waals surface area contributed by atoms with Crippen LogP contribution in [0.5, 0.6) is 0 Å². The van der Waals surface area contributed by atoms with Gasteiger partial charge in [0.1, 0.15) is 10.8 Å². The van der Waals surface area contributed by atoms with Crippen LogP contribution in [0.25, 0.3) is 11.3 Å². The molecule has 94 valence electrons. The minimum absolute atomic E-state index is 0.0450. The zero-order chi connectivity index (χ0) is 12.6. The number of thiazole rings is 1. The number of benzene rings is 1. The second kappa shape index (κ2) is 4.42. The van der Waals surface area contributed by atoms with E-state index in [1.807, 2.05) is 5.38 Å². The van der Waals surface area contributed by atoms with Gasteiger partial charge in [-0.3, -0.25) is 0 Å². The molecule has 0 unspecified atom stereocenters. The maximum absolute atomic E-state index is 12.8. The number of aliphatic hydroxyl groups excluding tert-OH is 1. The van der Waals surface area contributed by atoms with E-state index >= 15 is 0 Å². The van der Waals surface area contributed by atoms with E-state index in [4.69, 9.17) is 4.74 Å². The summed E-state index contributed by atoms with van der Waals surface area (Å²) in [6.07, 6.45) is 0. The van der Waals surface area contributed by atoms with Gasteiger partial charge in [0.25, 0.3) is 0 Å². The van der Waals surface area contributed by atoms with Gasteiger partial charge in [0, 0.05) is 10.9 Å². The normalized spacial score (nSPS) is 17.4. The molecule has 0 saturated carbocycles. The van der Waals surface area contributed by atoms with Crippen molar-refractivity contribution in [3.8, 4) is 11.3 Å². The van der Waals surface area contributed by atoms with Crippen molar-refractivity contribution < 1.29 is 14.2 Å². The van der Waals surface area contributed by atoms with Crippen LogP contribution >= 0.6 is 11.3 Å². The van der Waals surface area contributed by atoms with Crippen LogP contribution in [0, 0.1) is 5.82 Å². The van der Waals surface area contributed by atoms with Crippen LogP contribution in [0.1, 0.15) is 5.01 Å². The number of ether oxygens (including phenoxy) is 1. The highest BCUT2D eigenvalue weighted by molar-refractivity contribution is 7.10. The van der Waals surface area contributed by atoms with Gasteiger partial charge in [-0.15, -0.1) is 11.3 Å². The number of nitrogens with zero attached hydrogens (tertiary/aromatic N) is 1. The second-order valence-electron chi connectivity index (χ2n) is 4.48. The Labute approximate surface area is 108 Å². The fraction of sp³-hybridized carbons (Fsp3) is 0.308. The molecule has 2 heterocycles. The molecule has 0 amide bonds. The molecule has 1 saturated heterocycles. The van der Waals surface area contributed by atoms with E-state index in [0.29, 0.717) is 13.2 Å². The van der Waals surface area contributed by atoms with Crippen LogP contribution in [0.2, 0.25) is 0 Å². The summed E-state index contributed by atoms with van der Waals surface area (Å²) in [7, 11) is 0. The predicted molar refractivity (Wildman–Crippen MR) is 67.1 cm³/mol. The van der Waals surface area contributed by atoms with Gasteiger partial charge in [-0.1, -0.05) is 0 Å². The maximum Gasteiger partial charge on any atom is 0.123 e. The molecule has 1 aliphatic rings. The molecule has 3 nitrogen and oxygen atoms in total. The van der Waals surface area contributed by atoms with Gasteiger partial charge >= 0.3 is 0 Å². The van der Waals surface area contributed by atoms with E-state index in [0.717, 1.165) is 16.3 Å². The Morgan fingerprint density at radius 2 is 2.06 bits per heavy atom. The number of aliphatic hydroxyl groups is 1. The lowest BCUT2D eigenvalue weighted by Gasteiger charge is -2.37. The van der Waals surface area contributed by atoms with Gasteiger partial charge in [-0.05, 0) is 24.3 Å². The Balaban J connectivity index is 1.91. The van der Waals surface area contributed by atoms with E-state index in [1.165, 1.54) is 23.5 Å². The Morgan fingerprint density at radius 3 is 2.61 bits per heavy atom. The Morgan fingerprint density at radius 1 is 1.33 bits per heavy atom. The first-order valence-corrected chi connectivity index (χ1v) is 6.52. The summed E-state index contributed by atoms with van der Waals surface area (Å²) in [4.78, 5) is 4.53. The minimum Gasteiger partial charge on any atom is -0.395 e. The monoisotopic (exact) mass is 265 g/mol. The van der Waals surface area contributed by atoms with Crippen LogP contribution in [0.15, 0.2) is 29.6 Å². The topological polar surface area (TPSA) is 42.4 Å². The molecule has 2 aromatic rings. The molecule has 5 heteroatoms. The van der Waals surface area contributed by atoms with Crippen LogP contribution in [-0.4, -0.2) is 29.9 Å². The van der Waals surface area contributed by atoms with E-state index in [1.54, 1.807) is 12.1 Å². The molecular formula is C13H12FNO2S. The summed E-state index contributed by atoms with van der Waals surface area (Å²) in [5.41, 5.74) is 1.37. The Bertz CT molecular complexity index is 543. The highest BCUT2D eigenvalue weighted by Gasteiger charge is 2.42. The molecule has 3 rings (SSSR count). The molecule has 1 aromatic heterocycles. The van der Waals surface area contributed by atoms with Crippen molar-refractivity contribution in [2.45, 2.75) is 5.41 Å². The fourth-order valence-corrected chi connectivity index (χ4v) is 2.90. The number of rotatable bonds is 3. The third-order valence-corrected chi connectivity index (χ3v) is 4.25. The van der Waals surface area contributed by atoms with Crippen molar-refractivity contribution in [3.05, 3.63) is 40.5 Å². The highest BCUT2D eigenvalue weighted by atomic mass is 32.1. The largest absolute Gasteiger partial charge is 0.395 e. The molecule has 1 N–H and O–H groups in total. The van der Waals surface area contributed by atoms with Crippen molar-refractivity contribution >= 4 is 11.3 Å². The van der Waals surface area contributed by atoms with Crippen molar-refractivity contribution in [3.63, 3.8) is 0 Å². The Hall–Kier alpha value is -1.30. The first kappa shape index (κ1) is 11.8. The van der Waals surface area contributed by atoms with Crippen LogP contribution in [0.3, 0.4) is 0 Å². The summed E-state index contributed by atoms with van der Waals surface area (Å²) in [6, 6.07) is 6.25. The van der Waals surface area contributed by atoms with E-state index < -0.39 is 0 Å². The second-order valence-corrected chi connectivity index (χ2v) is 5.33. The maximum atomic E-state index is 12.8. The molecule has 0 radical (unpaired) electrons. The quantitative estimate of drug-likeness (QED) is 0.925. The van der Waals surface area contributed by atoms with Crippen LogP contribution < -0.4 is 0 Å². The van der Waals surface area contributed by atoms with E-state index in [-0.39, 0.29) is 17.8 Å². The van der Waals surface area contributed by atoms with E-state index in [2.05, 4.69) is 4.98 Å². The zero-order valence-corrected chi connectivity index (χ0v) is 10.4.